The zero-order valence-corrected chi connectivity index (χ0v) is 10.7. The lowest BCUT2D eigenvalue weighted by molar-refractivity contribution is -0.289. The Hall–Kier alpha value is -0.590. The predicted molar refractivity (Wildman–Crippen MR) is 62.8 cm³/mol. The fraction of sp³-hybridized carbons (Fsp3) is 0.923. The predicted octanol–water partition coefficient (Wildman–Crippen LogP) is 3.39. The van der Waals surface area contributed by atoms with Gasteiger partial charge in [0.1, 0.15) is 6.10 Å². The summed E-state index contributed by atoms with van der Waals surface area (Å²) in [6, 6.07) is 2.19. The van der Waals surface area contributed by atoms with Gasteiger partial charge in [0, 0.05) is 6.42 Å². The molecule has 1 rings (SSSR count). The third-order valence-corrected chi connectivity index (χ3v) is 2.88. The molecule has 1 unspecified atom stereocenters. The van der Waals surface area contributed by atoms with Crippen molar-refractivity contribution in [1.82, 2.24) is 0 Å². The van der Waals surface area contributed by atoms with Gasteiger partial charge in [-0.25, -0.2) is 0 Å². The SMILES string of the molecule is CCCCCC[C@H]1CC(C#N)OC(C)(C)O1. The van der Waals surface area contributed by atoms with Crippen molar-refractivity contribution in [3.63, 3.8) is 0 Å². The van der Waals surface area contributed by atoms with E-state index in [0.717, 1.165) is 6.42 Å². The van der Waals surface area contributed by atoms with Gasteiger partial charge < -0.3 is 9.47 Å². The lowest BCUT2D eigenvalue weighted by Gasteiger charge is -2.38. The maximum absolute atomic E-state index is 8.92. The Morgan fingerprint density at radius 3 is 2.62 bits per heavy atom. The summed E-state index contributed by atoms with van der Waals surface area (Å²) in [5.74, 6) is -0.603. The van der Waals surface area contributed by atoms with Crippen LogP contribution in [0, 0.1) is 11.3 Å². The molecule has 0 aromatic heterocycles. The molecule has 3 heteroatoms. The second kappa shape index (κ2) is 6.22. The summed E-state index contributed by atoms with van der Waals surface area (Å²) in [5.41, 5.74) is 0. The van der Waals surface area contributed by atoms with Crippen molar-refractivity contribution in [1.29, 1.82) is 5.26 Å². The van der Waals surface area contributed by atoms with Gasteiger partial charge in [-0.05, 0) is 20.3 Å². The minimum Gasteiger partial charge on any atom is -0.347 e. The highest BCUT2D eigenvalue weighted by atomic mass is 16.7. The van der Waals surface area contributed by atoms with Gasteiger partial charge in [0.15, 0.2) is 5.79 Å². The summed E-state index contributed by atoms with van der Waals surface area (Å²) >= 11 is 0. The molecule has 0 aliphatic carbocycles. The third kappa shape index (κ3) is 4.51. The zero-order valence-electron chi connectivity index (χ0n) is 10.7. The molecule has 0 aromatic rings. The van der Waals surface area contributed by atoms with Crippen LogP contribution in [-0.4, -0.2) is 18.0 Å². The number of ether oxygens (including phenoxy) is 2. The average Bonchev–Trinajstić information content (AvgIpc) is 2.22. The van der Waals surface area contributed by atoms with Crippen molar-refractivity contribution in [2.24, 2.45) is 0 Å². The first-order valence-electron chi connectivity index (χ1n) is 6.32. The van der Waals surface area contributed by atoms with Gasteiger partial charge in [0.2, 0.25) is 0 Å². The van der Waals surface area contributed by atoms with Crippen LogP contribution < -0.4 is 0 Å². The van der Waals surface area contributed by atoms with E-state index in [1.165, 1.54) is 25.7 Å². The minimum atomic E-state index is -0.603. The van der Waals surface area contributed by atoms with Crippen LogP contribution >= 0.6 is 0 Å². The van der Waals surface area contributed by atoms with E-state index in [9.17, 15) is 0 Å². The highest BCUT2D eigenvalue weighted by Gasteiger charge is 2.34. The fourth-order valence-electron chi connectivity index (χ4n) is 2.16. The van der Waals surface area contributed by atoms with Crippen LogP contribution in [0.15, 0.2) is 0 Å². The second-order valence-electron chi connectivity index (χ2n) is 4.96. The quantitative estimate of drug-likeness (QED) is 0.673. The van der Waals surface area contributed by atoms with Crippen molar-refractivity contribution in [3.8, 4) is 6.07 Å². The topological polar surface area (TPSA) is 42.2 Å². The Balaban J connectivity index is 2.33. The first-order valence-corrected chi connectivity index (χ1v) is 6.32. The summed E-state index contributed by atoms with van der Waals surface area (Å²) in [7, 11) is 0. The van der Waals surface area contributed by atoms with E-state index in [0.29, 0.717) is 6.42 Å². The Morgan fingerprint density at radius 2 is 2.00 bits per heavy atom. The largest absolute Gasteiger partial charge is 0.347 e. The Morgan fingerprint density at radius 1 is 1.25 bits per heavy atom. The molecule has 1 aliphatic heterocycles. The number of hydrogen-bond donors (Lipinski definition) is 0. The van der Waals surface area contributed by atoms with Gasteiger partial charge in [-0.2, -0.15) is 5.26 Å². The van der Waals surface area contributed by atoms with Crippen molar-refractivity contribution in [2.45, 2.75) is 77.3 Å². The Bertz CT molecular complexity index is 245. The third-order valence-electron chi connectivity index (χ3n) is 2.88. The van der Waals surface area contributed by atoms with E-state index >= 15 is 0 Å². The van der Waals surface area contributed by atoms with Crippen molar-refractivity contribution < 1.29 is 9.47 Å². The van der Waals surface area contributed by atoms with E-state index in [-0.39, 0.29) is 12.2 Å². The maximum Gasteiger partial charge on any atom is 0.164 e. The van der Waals surface area contributed by atoms with E-state index < -0.39 is 5.79 Å². The van der Waals surface area contributed by atoms with Crippen LogP contribution in [0.3, 0.4) is 0 Å². The lowest BCUT2D eigenvalue weighted by atomic mass is 10.0. The van der Waals surface area contributed by atoms with Crippen LogP contribution in [0.25, 0.3) is 0 Å². The summed E-state index contributed by atoms with van der Waals surface area (Å²) in [6.45, 7) is 5.98. The van der Waals surface area contributed by atoms with Gasteiger partial charge in [-0.1, -0.05) is 32.6 Å². The van der Waals surface area contributed by atoms with Crippen molar-refractivity contribution >= 4 is 0 Å². The van der Waals surface area contributed by atoms with E-state index in [1.54, 1.807) is 0 Å². The fourth-order valence-corrected chi connectivity index (χ4v) is 2.16. The Labute approximate surface area is 98.7 Å². The number of rotatable bonds is 5. The standard InChI is InChI=1S/C13H23NO2/c1-4-5-6-7-8-11-9-12(10-14)16-13(2,3)15-11/h11-12H,4-9H2,1-3H3/t11-,12?/m0/s1. The normalized spacial score (nSPS) is 28.6. The summed E-state index contributed by atoms with van der Waals surface area (Å²) in [4.78, 5) is 0. The minimum absolute atomic E-state index is 0.185. The molecule has 92 valence electrons. The Kier molecular flexibility index (Phi) is 5.24. The molecule has 1 fully saturated rings. The van der Waals surface area contributed by atoms with Crippen LogP contribution in [0.5, 0.6) is 0 Å². The summed E-state index contributed by atoms with van der Waals surface area (Å²) in [5, 5.41) is 8.92. The molecule has 1 heterocycles. The van der Waals surface area contributed by atoms with Crippen molar-refractivity contribution in [2.75, 3.05) is 0 Å². The first-order chi connectivity index (χ1) is 7.57. The lowest BCUT2D eigenvalue weighted by Crippen LogP contribution is -2.44. The molecule has 3 nitrogen and oxygen atoms in total. The van der Waals surface area contributed by atoms with Gasteiger partial charge >= 0.3 is 0 Å². The van der Waals surface area contributed by atoms with E-state index in [1.807, 2.05) is 13.8 Å². The second-order valence-corrected chi connectivity index (χ2v) is 4.96. The first kappa shape index (κ1) is 13.5. The van der Waals surface area contributed by atoms with Crippen LogP contribution in [0.4, 0.5) is 0 Å². The molecule has 1 saturated heterocycles. The smallest absolute Gasteiger partial charge is 0.164 e. The average molecular weight is 225 g/mol. The van der Waals surface area contributed by atoms with Gasteiger partial charge in [0.05, 0.1) is 12.2 Å². The number of hydrogen-bond acceptors (Lipinski definition) is 3. The molecule has 0 bridgehead atoms. The van der Waals surface area contributed by atoms with E-state index in [2.05, 4.69) is 13.0 Å². The molecular formula is C13H23NO2. The molecule has 0 amide bonds. The van der Waals surface area contributed by atoms with Crippen LogP contribution in [0.2, 0.25) is 0 Å². The summed E-state index contributed by atoms with van der Waals surface area (Å²) < 4.78 is 11.3. The molecule has 0 saturated carbocycles. The number of unbranched alkanes of at least 4 members (excludes halogenated alkanes) is 3. The van der Waals surface area contributed by atoms with E-state index in [4.69, 9.17) is 14.7 Å². The highest BCUT2D eigenvalue weighted by molar-refractivity contribution is 4.90. The van der Waals surface area contributed by atoms with Crippen molar-refractivity contribution in [3.05, 3.63) is 0 Å². The number of nitrogens with zero attached hydrogens (tertiary/aromatic N) is 1. The molecule has 0 radical (unpaired) electrons. The van der Waals surface area contributed by atoms with Crippen LogP contribution in [0.1, 0.15) is 59.3 Å². The number of nitriles is 1. The molecule has 0 N–H and O–H groups in total. The zero-order chi connectivity index (χ0) is 12.0. The molecule has 0 aromatic carbocycles. The summed E-state index contributed by atoms with van der Waals surface area (Å²) in [6.07, 6.45) is 6.62. The monoisotopic (exact) mass is 225 g/mol. The molecule has 0 spiro atoms. The molecule has 16 heavy (non-hydrogen) atoms. The molecule has 2 atom stereocenters. The highest BCUT2D eigenvalue weighted by Crippen LogP contribution is 2.28. The molecule has 1 aliphatic rings. The van der Waals surface area contributed by atoms with Gasteiger partial charge in [-0.15, -0.1) is 0 Å². The van der Waals surface area contributed by atoms with Gasteiger partial charge in [0.25, 0.3) is 0 Å². The van der Waals surface area contributed by atoms with Crippen LogP contribution in [-0.2, 0) is 9.47 Å². The molecular weight excluding hydrogens is 202 g/mol. The van der Waals surface area contributed by atoms with Gasteiger partial charge in [-0.3, -0.25) is 0 Å². The maximum atomic E-state index is 8.92.